The predicted octanol–water partition coefficient (Wildman–Crippen LogP) is 1.98. The molecule has 0 bridgehead atoms. The van der Waals surface area contributed by atoms with Crippen molar-refractivity contribution in [1.29, 1.82) is 0 Å². The van der Waals surface area contributed by atoms with Crippen molar-refractivity contribution in [1.82, 2.24) is 0 Å². The standard InChI is InChI=1S/C18H29NO2/c1-15-6-7-17(16(14-15)18(2,3)4)21-11-5-8-19-9-12-20-13-10-19/h6-7,14H,5,8-13H2,1-4H3/p+1. The summed E-state index contributed by atoms with van der Waals surface area (Å²) in [7, 11) is 0. The summed E-state index contributed by atoms with van der Waals surface area (Å²) >= 11 is 0. The molecule has 1 saturated heterocycles. The molecule has 0 radical (unpaired) electrons. The zero-order valence-electron chi connectivity index (χ0n) is 14.0. The molecule has 0 aromatic heterocycles. The average Bonchev–Trinajstić information content (AvgIpc) is 2.45. The number of benzene rings is 1. The van der Waals surface area contributed by atoms with Crippen molar-refractivity contribution in [3.8, 4) is 5.75 Å². The molecule has 1 heterocycles. The number of nitrogens with one attached hydrogen (secondary N) is 1. The van der Waals surface area contributed by atoms with Crippen LogP contribution in [-0.2, 0) is 10.2 Å². The van der Waals surface area contributed by atoms with Crippen LogP contribution in [0.4, 0.5) is 0 Å². The Kier molecular flexibility index (Phi) is 5.65. The molecule has 1 aromatic rings. The fourth-order valence-corrected chi connectivity index (χ4v) is 2.77. The van der Waals surface area contributed by atoms with Gasteiger partial charge in [-0.2, -0.15) is 0 Å². The van der Waals surface area contributed by atoms with Crippen molar-refractivity contribution in [2.75, 3.05) is 39.5 Å². The molecule has 1 aromatic carbocycles. The molecule has 1 aliphatic rings. The Labute approximate surface area is 129 Å². The Morgan fingerprint density at radius 2 is 1.90 bits per heavy atom. The van der Waals surface area contributed by atoms with E-state index in [1.54, 1.807) is 4.90 Å². The van der Waals surface area contributed by atoms with Crippen LogP contribution in [0.1, 0.15) is 38.3 Å². The van der Waals surface area contributed by atoms with E-state index in [9.17, 15) is 0 Å². The number of rotatable bonds is 5. The number of quaternary nitrogens is 1. The van der Waals surface area contributed by atoms with Gasteiger partial charge in [-0.05, 0) is 24.0 Å². The summed E-state index contributed by atoms with van der Waals surface area (Å²) in [6.45, 7) is 14.9. The van der Waals surface area contributed by atoms with Crippen LogP contribution in [0, 0.1) is 6.92 Å². The highest BCUT2D eigenvalue weighted by Crippen LogP contribution is 2.32. The summed E-state index contributed by atoms with van der Waals surface area (Å²) in [5.41, 5.74) is 2.72. The van der Waals surface area contributed by atoms with E-state index in [4.69, 9.17) is 9.47 Å². The zero-order chi connectivity index (χ0) is 15.3. The van der Waals surface area contributed by atoms with E-state index in [1.165, 1.54) is 17.7 Å². The van der Waals surface area contributed by atoms with Gasteiger partial charge in [0, 0.05) is 6.42 Å². The van der Waals surface area contributed by atoms with Crippen LogP contribution in [0.3, 0.4) is 0 Å². The largest absolute Gasteiger partial charge is 0.493 e. The molecule has 0 unspecified atom stereocenters. The minimum atomic E-state index is 0.122. The zero-order valence-corrected chi connectivity index (χ0v) is 14.0. The molecule has 3 heteroatoms. The molecule has 21 heavy (non-hydrogen) atoms. The first-order valence-electron chi connectivity index (χ1n) is 8.12. The van der Waals surface area contributed by atoms with Gasteiger partial charge in [-0.15, -0.1) is 0 Å². The first kappa shape index (κ1) is 16.3. The van der Waals surface area contributed by atoms with E-state index in [0.29, 0.717) is 0 Å². The van der Waals surface area contributed by atoms with Gasteiger partial charge in [0.2, 0.25) is 0 Å². The monoisotopic (exact) mass is 292 g/mol. The lowest BCUT2D eigenvalue weighted by Crippen LogP contribution is -3.14. The van der Waals surface area contributed by atoms with Gasteiger partial charge >= 0.3 is 0 Å². The minimum absolute atomic E-state index is 0.122. The van der Waals surface area contributed by atoms with Crippen molar-refractivity contribution in [3.05, 3.63) is 29.3 Å². The van der Waals surface area contributed by atoms with Crippen LogP contribution in [0.5, 0.6) is 5.75 Å². The minimum Gasteiger partial charge on any atom is -0.493 e. The summed E-state index contributed by atoms with van der Waals surface area (Å²) in [6, 6.07) is 6.51. The molecule has 0 saturated carbocycles. The second kappa shape index (κ2) is 7.28. The Bertz CT molecular complexity index is 445. The van der Waals surface area contributed by atoms with Crippen LogP contribution in [0.2, 0.25) is 0 Å². The van der Waals surface area contributed by atoms with Gasteiger partial charge in [-0.1, -0.05) is 38.5 Å². The summed E-state index contributed by atoms with van der Waals surface area (Å²) in [5.74, 6) is 1.05. The third-order valence-corrected chi connectivity index (χ3v) is 4.08. The second-order valence-electron chi connectivity index (χ2n) is 7.06. The van der Waals surface area contributed by atoms with Gasteiger partial charge in [0.15, 0.2) is 0 Å². The lowest BCUT2D eigenvalue weighted by molar-refractivity contribution is -0.908. The lowest BCUT2D eigenvalue weighted by Gasteiger charge is -2.25. The summed E-state index contributed by atoms with van der Waals surface area (Å²) in [5, 5.41) is 0. The normalized spacial score (nSPS) is 17.0. The van der Waals surface area contributed by atoms with Gasteiger partial charge in [0.05, 0.1) is 26.4 Å². The molecule has 1 fully saturated rings. The van der Waals surface area contributed by atoms with Crippen LogP contribution in [0.15, 0.2) is 18.2 Å². The SMILES string of the molecule is Cc1ccc(OCCC[NH+]2CCOCC2)c(C(C)(C)C)c1. The molecule has 1 aliphatic heterocycles. The van der Waals surface area contributed by atoms with Crippen LogP contribution < -0.4 is 9.64 Å². The van der Waals surface area contributed by atoms with Crippen LogP contribution >= 0.6 is 0 Å². The molecule has 0 spiro atoms. The highest BCUT2D eigenvalue weighted by Gasteiger charge is 2.19. The van der Waals surface area contributed by atoms with E-state index in [2.05, 4.69) is 45.9 Å². The smallest absolute Gasteiger partial charge is 0.123 e. The first-order chi connectivity index (χ1) is 9.97. The van der Waals surface area contributed by atoms with Gasteiger partial charge in [-0.25, -0.2) is 0 Å². The summed E-state index contributed by atoms with van der Waals surface area (Å²) < 4.78 is 11.5. The van der Waals surface area contributed by atoms with Crippen LogP contribution in [0.25, 0.3) is 0 Å². The van der Waals surface area contributed by atoms with E-state index in [0.717, 1.165) is 45.1 Å². The van der Waals surface area contributed by atoms with Gasteiger partial charge in [0.1, 0.15) is 18.8 Å². The Hall–Kier alpha value is -1.06. The quantitative estimate of drug-likeness (QED) is 0.839. The van der Waals surface area contributed by atoms with Crippen molar-refractivity contribution >= 4 is 0 Å². The molecule has 0 aliphatic carbocycles. The van der Waals surface area contributed by atoms with Crippen molar-refractivity contribution in [2.45, 2.75) is 39.5 Å². The topological polar surface area (TPSA) is 22.9 Å². The molecule has 2 rings (SSSR count). The van der Waals surface area contributed by atoms with E-state index in [1.807, 2.05) is 0 Å². The van der Waals surface area contributed by atoms with Gasteiger partial charge in [0.25, 0.3) is 0 Å². The Morgan fingerprint density at radius 3 is 2.57 bits per heavy atom. The highest BCUT2D eigenvalue weighted by atomic mass is 16.5. The highest BCUT2D eigenvalue weighted by molar-refractivity contribution is 5.41. The van der Waals surface area contributed by atoms with E-state index in [-0.39, 0.29) is 5.41 Å². The predicted molar refractivity (Wildman–Crippen MR) is 86.4 cm³/mol. The maximum Gasteiger partial charge on any atom is 0.123 e. The van der Waals surface area contributed by atoms with E-state index < -0.39 is 0 Å². The maximum atomic E-state index is 6.07. The average molecular weight is 292 g/mol. The fraction of sp³-hybridized carbons (Fsp3) is 0.667. The number of aryl methyl sites for hydroxylation is 1. The molecule has 1 N–H and O–H groups in total. The Balaban J connectivity index is 1.85. The maximum absolute atomic E-state index is 6.07. The van der Waals surface area contributed by atoms with Crippen LogP contribution in [-0.4, -0.2) is 39.5 Å². The van der Waals surface area contributed by atoms with Gasteiger partial charge < -0.3 is 14.4 Å². The van der Waals surface area contributed by atoms with Crippen molar-refractivity contribution in [3.63, 3.8) is 0 Å². The molecular weight excluding hydrogens is 262 g/mol. The third kappa shape index (κ3) is 5.01. The van der Waals surface area contributed by atoms with Crippen molar-refractivity contribution < 1.29 is 14.4 Å². The number of hydrogen-bond acceptors (Lipinski definition) is 2. The third-order valence-electron chi connectivity index (χ3n) is 4.08. The Morgan fingerprint density at radius 1 is 1.19 bits per heavy atom. The number of ether oxygens (including phenoxy) is 2. The van der Waals surface area contributed by atoms with Crippen molar-refractivity contribution in [2.24, 2.45) is 0 Å². The molecule has 118 valence electrons. The number of hydrogen-bond donors (Lipinski definition) is 1. The molecular formula is C18H30NO2+. The van der Waals surface area contributed by atoms with E-state index >= 15 is 0 Å². The fourth-order valence-electron chi connectivity index (χ4n) is 2.77. The lowest BCUT2D eigenvalue weighted by atomic mass is 9.85. The summed E-state index contributed by atoms with van der Waals surface area (Å²) in [6.07, 6.45) is 1.10. The first-order valence-corrected chi connectivity index (χ1v) is 8.12. The number of morpholine rings is 1. The molecule has 3 nitrogen and oxygen atoms in total. The second-order valence-corrected chi connectivity index (χ2v) is 7.06. The summed E-state index contributed by atoms with van der Waals surface area (Å²) in [4.78, 5) is 1.64. The molecule has 0 amide bonds. The molecule has 0 atom stereocenters. The van der Waals surface area contributed by atoms with Gasteiger partial charge in [-0.3, -0.25) is 0 Å².